The Morgan fingerprint density at radius 1 is 1.10 bits per heavy atom. The summed E-state index contributed by atoms with van der Waals surface area (Å²) in [7, 11) is 0. The molecule has 0 N–H and O–H groups in total. The molecule has 0 spiro atoms. The van der Waals surface area contributed by atoms with Crippen LogP contribution in [0.15, 0.2) is 31.6 Å². The summed E-state index contributed by atoms with van der Waals surface area (Å²) in [6.45, 7) is 0.570. The largest absolute Gasteiger partial charge is 0.293 e. The van der Waals surface area contributed by atoms with Crippen LogP contribution in [-0.4, -0.2) is 32.6 Å². The highest BCUT2D eigenvalue weighted by molar-refractivity contribution is 8.27. The minimum absolute atomic E-state index is 0.150. The van der Waals surface area contributed by atoms with Gasteiger partial charge in [0, 0.05) is 18.9 Å². The predicted molar refractivity (Wildman–Crippen MR) is 78.2 cm³/mol. The first kappa shape index (κ1) is 12.7. The summed E-state index contributed by atoms with van der Waals surface area (Å²) in [6, 6.07) is 0. The van der Waals surface area contributed by atoms with Crippen LogP contribution in [0.2, 0.25) is 0 Å². The van der Waals surface area contributed by atoms with Gasteiger partial charge in [0.1, 0.15) is 15.0 Å². The average molecular weight is 323 g/mol. The zero-order valence-electron chi connectivity index (χ0n) is 10.2. The lowest BCUT2D eigenvalue weighted by molar-refractivity contribution is -0.122. The number of nitrogens with zero attached hydrogens (tertiary/aromatic N) is 3. The van der Waals surface area contributed by atoms with Crippen molar-refractivity contribution >= 4 is 46.4 Å². The molecule has 3 aliphatic rings. The maximum absolute atomic E-state index is 12.4. The minimum atomic E-state index is -0.158. The van der Waals surface area contributed by atoms with Crippen LogP contribution in [0, 0.1) is 5.92 Å². The molecule has 0 radical (unpaired) electrons. The molecule has 1 aliphatic carbocycles. The number of fused-ring (bicyclic) bond motifs is 1. The highest BCUT2D eigenvalue weighted by Crippen LogP contribution is 2.53. The van der Waals surface area contributed by atoms with E-state index < -0.39 is 0 Å². The van der Waals surface area contributed by atoms with E-state index in [1.165, 1.54) is 28.4 Å². The first-order valence-electron chi connectivity index (χ1n) is 6.17. The van der Waals surface area contributed by atoms with Gasteiger partial charge in [0.25, 0.3) is 11.1 Å². The Bertz CT molecular complexity index is 630. The van der Waals surface area contributed by atoms with Crippen molar-refractivity contribution in [3.8, 4) is 0 Å². The van der Waals surface area contributed by atoms with Crippen LogP contribution < -0.4 is 0 Å². The number of hydrogen-bond donors (Lipinski definition) is 0. The molecule has 1 aromatic heterocycles. The molecule has 1 saturated heterocycles. The Labute approximate surface area is 128 Å². The second-order valence-corrected chi connectivity index (χ2v) is 7.93. The fourth-order valence-electron chi connectivity index (χ4n) is 1.98. The lowest BCUT2D eigenvalue weighted by Crippen LogP contribution is -2.30. The molecule has 5 nitrogen and oxygen atoms in total. The fourth-order valence-corrected chi connectivity index (χ4v) is 5.31. The highest BCUT2D eigenvalue weighted by Gasteiger charge is 2.41. The van der Waals surface area contributed by atoms with Gasteiger partial charge in [-0.1, -0.05) is 23.5 Å². The van der Waals surface area contributed by atoms with Gasteiger partial charge in [-0.05, 0) is 30.5 Å². The summed E-state index contributed by atoms with van der Waals surface area (Å²) in [5.74, 6) is 0.354. The van der Waals surface area contributed by atoms with Crippen molar-refractivity contribution < 1.29 is 9.59 Å². The number of imide groups is 1. The first-order valence-corrected chi connectivity index (χ1v) is 8.62. The van der Waals surface area contributed by atoms with Gasteiger partial charge in [0.05, 0.1) is 4.24 Å². The zero-order valence-corrected chi connectivity index (χ0v) is 12.7. The van der Waals surface area contributed by atoms with Crippen molar-refractivity contribution in [2.24, 2.45) is 5.92 Å². The summed E-state index contributed by atoms with van der Waals surface area (Å²) < 4.78 is 0.827. The molecule has 0 aromatic carbocycles. The first-order chi connectivity index (χ1) is 9.72. The molecule has 3 heterocycles. The summed E-state index contributed by atoms with van der Waals surface area (Å²) in [4.78, 5) is 34.7. The standard InChI is InChI=1S/C12H9N3O2S3/c16-10-7(18-12(17)15(10)5-6-1-2-6)11-19-8-9(20-11)14-4-3-13-8/h3-4,6H,1-2,5H2. The number of hydrogen-bond acceptors (Lipinski definition) is 7. The number of thioether (sulfide) groups is 3. The van der Waals surface area contributed by atoms with E-state index in [9.17, 15) is 9.59 Å². The van der Waals surface area contributed by atoms with Crippen LogP contribution in [-0.2, 0) is 4.79 Å². The van der Waals surface area contributed by atoms with E-state index in [1.807, 2.05) is 0 Å². The van der Waals surface area contributed by atoms with E-state index in [0.717, 1.165) is 38.9 Å². The molecule has 8 heteroatoms. The zero-order chi connectivity index (χ0) is 13.7. The van der Waals surface area contributed by atoms with E-state index >= 15 is 0 Å². The van der Waals surface area contributed by atoms with Gasteiger partial charge in [0.2, 0.25) is 0 Å². The predicted octanol–water partition coefficient (Wildman–Crippen LogP) is 2.95. The van der Waals surface area contributed by atoms with E-state index in [1.54, 1.807) is 12.4 Å². The Hall–Kier alpha value is -0.990. The van der Waals surface area contributed by atoms with Gasteiger partial charge in [-0.2, -0.15) is 0 Å². The molecule has 102 valence electrons. The molecule has 0 bridgehead atoms. The van der Waals surface area contributed by atoms with Crippen molar-refractivity contribution in [1.29, 1.82) is 0 Å². The number of amides is 2. The lowest BCUT2D eigenvalue weighted by Gasteiger charge is -2.10. The van der Waals surface area contributed by atoms with Gasteiger partial charge in [0.15, 0.2) is 0 Å². The van der Waals surface area contributed by atoms with Crippen molar-refractivity contribution in [2.45, 2.75) is 22.9 Å². The SMILES string of the molecule is O=C1SC(=C2Sc3nccnc3S2)C(=O)N1CC1CC1. The van der Waals surface area contributed by atoms with Crippen molar-refractivity contribution in [3.05, 3.63) is 21.5 Å². The van der Waals surface area contributed by atoms with E-state index in [2.05, 4.69) is 9.97 Å². The van der Waals surface area contributed by atoms with Crippen LogP contribution in [0.3, 0.4) is 0 Å². The lowest BCUT2D eigenvalue weighted by atomic mass is 10.4. The van der Waals surface area contributed by atoms with Gasteiger partial charge in [-0.15, -0.1) is 0 Å². The highest BCUT2D eigenvalue weighted by atomic mass is 32.2. The Morgan fingerprint density at radius 2 is 1.75 bits per heavy atom. The summed E-state index contributed by atoms with van der Waals surface area (Å²) >= 11 is 3.89. The minimum Gasteiger partial charge on any atom is -0.268 e. The third-order valence-electron chi connectivity index (χ3n) is 3.18. The molecule has 2 fully saturated rings. The number of carbonyl (C=O) groups is 2. The Kier molecular flexibility index (Phi) is 3.04. The molecular weight excluding hydrogens is 314 g/mol. The van der Waals surface area contributed by atoms with Crippen molar-refractivity contribution in [1.82, 2.24) is 14.9 Å². The van der Waals surface area contributed by atoms with Crippen molar-refractivity contribution in [3.63, 3.8) is 0 Å². The van der Waals surface area contributed by atoms with E-state index in [-0.39, 0.29) is 11.1 Å². The average Bonchev–Trinajstić information content (AvgIpc) is 3.10. The van der Waals surface area contributed by atoms with Gasteiger partial charge in [-0.3, -0.25) is 14.5 Å². The Morgan fingerprint density at radius 3 is 2.35 bits per heavy atom. The molecule has 0 atom stereocenters. The molecule has 2 aliphatic heterocycles. The molecule has 2 amide bonds. The molecule has 1 saturated carbocycles. The summed E-state index contributed by atoms with van der Waals surface area (Å²) in [5.41, 5.74) is 0. The van der Waals surface area contributed by atoms with Crippen LogP contribution in [0.5, 0.6) is 0 Å². The van der Waals surface area contributed by atoms with Crippen LogP contribution >= 0.6 is 35.3 Å². The quantitative estimate of drug-likeness (QED) is 0.775. The molecular formula is C12H9N3O2S3. The number of rotatable bonds is 2. The molecule has 20 heavy (non-hydrogen) atoms. The number of carbonyl (C=O) groups excluding carboxylic acids is 2. The smallest absolute Gasteiger partial charge is 0.268 e. The third kappa shape index (κ3) is 2.15. The normalized spacial score (nSPS) is 21.9. The number of aromatic nitrogens is 2. The van der Waals surface area contributed by atoms with Crippen LogP contribution in [0.1, 0.15) is 12.8 Å². The van der Waals surface area contributed by atoms with Crippen LogP contribution in [0.4, 0.5) is 4.79 Å². The fraction of sp³-hybridized carbons (Fsp3) is 0.333. The monoisotopic (exact) mass is 323 g/mol. The molecule has 1 aromatic rings. The summed E-state index contributed by atoms with van der Waals surface area (Å²) in [6.07, 6.45) is 5.51. The maximum Gasteiger partial charge on any atom is 0.293 e. The van der Waals surface area contributed by atoms with E-state index in [0.29, 0.717) is 17.4 Å². The van der Waals surface area contributed by atoms with Crippen LogP contribution in [0.25, 0.3) is 0 Å². The van der Waals surface area contributed by atoms with Gasteiger partial charge < -0.3 is 0 Å². The molecule has 4 rings (SSSR count). The Balaban J connectivity index is 1.62. The van der Waals surface area contributed by atoms with E-state index in [4.69, 9.17) is 0 Å². The third-order valence-corrected chi connectivity index (χ3v) is 6.81. The van der Waals surface area contributed by atoms with Crippen molar-refractivity contribution in [2.75, 3.05) is 6.54 Å². The summed E-state index contributed by atoms with van der Waals surface area (Å²) in [5, 5.41) is 1.46. The second-order valence-electron chi connectivity index (χ2n) is 4.71. The maximum atomic E-state index is 12.4. The second kappa shape index (κ2) is 4.78. The topological polar surface area (TPSA) is 63.2 Å². The van der Waals surface area contributed by atoms with Gasteiger partial charge in [-0.25, -0.2) is 9.97 Å². The molecule has 0 unspecified atom stereocenters. The van der Waals surface area contributed by atoms with Gasteiger partial charge >= 0.3 is 0 Å².